The monoisotopic (exact) mass is 527 g/mol. The molecule has 1 fully saturated rings. The zero-order valence-corrected chi connectivity index (χ0v) is 19.1. The molecule has 1 heterocycles. The molecule has 1 aliphatic heterocycles. The van der Waals surface area contributed by atoms with Crippen molar-refractivity contribution < 1.29 is 19.0 Å². The summed E-state index contributed by atoms with van der Waals surface area (Å²) < 4.78 is 18.5. The van der Waals surface area contributed by atoms with Gasteiger partial charge in [0.05, 0.1) is 15.6 Å². The number of amides is 1. The van der Waals surface area contributed by atoms with Crippen LogP contribution in [0.25, 0.3) is 6.08 Å². The van der Waals surface area contributed by atoms with Gasteiger partial charge < -0.3 is 14.2 Å². The van der Waals surface area contributed by atoms with Crippen LogP contribution >= 0.6 is 46.6 Å². The van der Waals surface area contributed by atoms with Crippen molar-refractivity contribution in [1.82, 2.24) is 4.90 Å². The number of carbonyl (C=O) groups is 1. The van der Waals surface area contributed by atoms with Crippen LogP contribution in [0.2, 0.25) is 0 Å². The largest absolute Gasteiger partial charge is 0.493 e. The van der Waals surface area contributed by atoms with Crippen LogP contribution in [0.4, 0.5) is 0 Å². The second-order valence-electron chi connectivity index (χ2n) is 5.78. The van der Waals surface area contributed by atoms with Gasteiger partial charge in [0.2, 0.25) is 0 Å². The van der Waals surface area contributed by atoms with Gasteiger partial charge in [0.25, 0.3) is 5.91 Å². The molecule has 2 aromatic rings. The van der Waals surface area contributed by atoms with E-state index in [0.717, 1.165) is 14.9 Å². The third-order valence-corrected chi connectivity index (χ3v) is 6.16. The topological polar surface area (TPSA) is 48.0 Å². The maximum atomic E-state index is 12.2. The first-order valence-electron chi connectivity index (χ1n) is 8.39. The molecule has 0 atom stereocenters. The highest BCUT2D eigenvalue weighted by Gasteiger charge is 2.28. The molecule has 8 heteroatoms. The second-order valence-corrected chi connectivity index (χ2v) is 8.62. The number of ether oxygens (including phenoxy) is 3. The maximum Gasteiger partial charge on any atom is 0.265 e. The van der Waals surface area contributed by atoms with E-state index in [1.54, 1.807) is 14.2 Å². The summed E-state index contributed by atoms with van der Waals surface area (Å²) in [6.45, 7) is 0.805. The number of hydrogen-bond donors (Lipinski definition) is 0. The molecule has 0 radical (unpaired) electrons. The number of rotatable bonds is 7. The van der Waals surface area contributed by atoms with Crippen LogP contribution in [0.15, 0.2) is 47.4 Å². The summed E-state index contributed by atoms with van der Waals surface area (Å²) in [5.41, 5.74) is 0.850. The molecule has 1 saturated heterocycles. The number of thiocarbonyl (C=S) groups is 1. The van der Waals surface area contributed by atoms with Crippen LogP contribution in [0.5, 0.6) is 17.2 Å². The van der Waals surface area contributed by atoms with Gasteiger partial charge in [-0.25, -0.2) is 0 Å². The van der Waals surface area contributed by atoms with Crippen molar-refractivity contribution in [3.8, 4) is 17.2 Å². The number of methoxy groups -OCH3 is 1. The fourth-order valence-electron chi connectivity index (χ4n) is 2.48. The molecule has 2 aromatic carbocycles. The summed E-state index contributed by atoms with van der Waals surface area (Å²) in [5.74, 6) is 1.96. The summed E-state index contributed by atoms with van der Waals surface area (Å²) in [7, 11) is 3.27. The highest BCUT2D eigenvalue weighted by molar-refractivity contribution is 14.1. The molecule has 0 unspecified atom stereocenters. The third kappa shape index (κ3) is 4.98. The van der Waals surface area contributed by atoms with Crippen molar-refractivity contribution >= 4 is 62.9 Å². The number of halogens is 1. The summed E-state index contributed by atoms with van der Waals surface area (Å²) in [5, 5.41) is 0. The standard InChI is InChI=1S/C20H18INO4S2/c1-22-19(23)17(28-20(22)27)12-13-10-15(21)18(16(11-13)24-2)26-9-8-25-14-6-4-3-5-7-14/h3-7,10-12H,8-9H2,1-2H3. The van der Waals surface area contributed by atoms with Crippen molar-refractivity contribution in [2.24, 2.45) is 0 Å². The highest BCUT2D eigenvalue weighted by Crippen LogP contribution is 2.37. The number of benzene rings is 2. The maximum absolute atomic E-state index is 12.2. The Morgan fingerprint density at radius 2 is 1.89 bits per heavy atom. The van der Waals surface area contributed by atoms with Gasteiger partial charge in [-0.05, 0) is 58.5 Å². The number of likely N-dealkylation sites (N-methyl/N-ethyl adjacent to an activating group) is 1. The lowest BCUT2D eigenvalue weighted by molar-refractivity contribution is -0.121. The lowest BCUT2D eigenvalue weighted by Crippen LogP contribution is -2.22. The summed E-state index contributed by atoms with van der Waals surface area (Å²) in [6.07, 6.45) is 1.82. The zero-order valence-electron chi connectivity index (χ0n) is 15.3. The summed E-state index contributed by atoms with van der Waals surface area (Å²) in [4.78, 5) is 14.3. The van der Waals surface area contributed by atoms with E-state index in [4.69, 9.17) is 26.4 Å². The van der Waals surface area contributed by atoms with Gasteiger partial charge in [0.1, 0.15) is 23.3 Å². The molecule has 146 valence electrons. The average Bonchev–Trinajstić information content (AvgIpc) is 2.93. The van der Waals surface area contributed by atoms with Crippen LogP contribution in [0.3, 0.4) is 0 Å². The molecule has 0 aromatic heterocycles. The highest BCUT2D eigenvalue weighted by atomic mass is 127. The second kappa shape index (κ2) is 9.62. The molecule has 0 N–H and O–H groups in total. The van der Waals surface area contributed by atoms with Gasteiger partial charge in [0.15, 0.2) is 11.5 Å². The Kier molecular flexibility index (Phi) is 7.19. The number of nitrogens with zero attached hydrogens (tertiary/aromatic N) is 1. The van der Waals surface area contributed by atoms with Crippen molar-refractivity contribution in [3.05, 3.63) is 56.5 Å². The zero-order chi connectivity index (χ0) is 20.1. The van der Waals surface area contributed by atoms with Crippen LogP contribution in [0.1, 0.15) is 5.56 Å². The smallest absolute Gasteiger partial charge is 0.265 e. The SMILES string of the molecule is COc1cc(C=C2SC(=S)N(C)C2=O)cc(I)c1OCCOc1ccccc1. The molecule has 0 aliphatic carbocycles. The Labute approximate surface area is 187 Å². The first kappa shape index (κ1) is 20.9. The quantitative estimate of drug-likeness (QED) is 0.227. The van der Waals surface area contributed by atoms with E-state index in [9.17, 15) is 4.79 Å². The molecule has 5 nitrogen and oxygen atoms in total. The van der Waals surface area contributed by atoms with Gasteiger partial charge in [-0.2, -0.15) is 0 Å². The average molecular weight is 527 g/mol. The Balaban J connectivity index is 1.69. The van der Waals surface area contributed by atoms with Crippen molar-refractivity contribution in [1.29, 1.82) is 0 Å². The summed E-state index contributed by atoms with van der Waals surface area (Å²) >= 11 is 8.66. The Morgan fingerprint density at radius 3 is 2.54 bits per heavy atom. The van der Waals surface area contributed by atoms with Crippen molar-refractivity contribution in [3.63, 3.8) is 0 Å². The van der Waals surface area contributed by atoms with E-state index in [1.807, 2.05) is 48.5 Å². The van der Waals surface area contributed by atoms with E-state index >= 15 is 0 Å². The van der Waals surface area contributed by atoms with E-state index in [-0.39, 0.29) is 5.91 Å². The van der Waals surface area contributed by atoms with Gasteiger partial charge in [0, 0.05) is 7.05 Å². The lowest BCUT2D eigenvalue weighted by atomic mass is 10.2. The minimum absolute atomic E-state index is 0.0950. The van der Waals surface area contributed by atoms with Crippen LogP contribution < -0.4 is 14.2 Å². The lowest BCUT2D eigenvalue weighted by Gasteiger charge is -2.14. The van der Waals surface area contributed by atoms with Gasteiger partial charge in [-0.3, -0.25) is 9.69 Å². The first-order chi connectivity index (χ1) is 13.5. The number of para-hydroxylation sites is 1. The predicted molar refractivity (Wildman–Crippen MR) is 124 cm³/mol. The molecule has 3 rings (SSSR count). The van der Waals surface area contributed by atoms with E-state index < -0.39 is 0 Å². The molecule has 28 heavy (non-hydrogen) atoms. The molecular formula is C20H18INO4S2. The van der Waals surface area contributed by atoms with Crippen LogP contribution in [0, 0.1) is 3.57 Å². The fourth-order valence-corrected chi connectivity index (χ4v) is 4.44. The Bertz CT molecular complexity index is 918. The molecule has 1 aliphatic rings. The minimum Gasteiger partial charge on any atom is -0.493 e. The Hall–Kier alpha value is -1.78. The van der Waals surface area contributed by atoms with E-state index in [0.29, 0.717) is 33.9 Å². The van der Waals surface area contributed by atoms with E-state index in [2.05, 4.69) is 22.6 Å². The fraction of sp³-hybridized carbons (Fsp3) is 0.200. The number of thioether (sulfide) groups is 1. The molecule has 1 amide bonds. The van der Waals surface area contributed by atoms with Gasteiger partial charge in [-0.15, -0.1) is 0 Å². The molecular weight excluding hydrogens is 509 g/mol. The normalized spacial score (nSPS) is 15.2. The molecule has 0 spiro atoms. The molecule has 0 saturated carbocycles. The van der Waals surface area contributed by atoms with Crippen LogP contribution in [-0.2, 0) is 4.79 Å². The van der Waals surface area contributed by atoms with E-state index in [1.165, 1.54) is 16.7 Å². The van der Waals surface area contributed by atoms with Crippen molar-refractivity contribution in [2.75, 3.05) is 27.4 Å². The minimum atomic E-state index is -0.0950. The predicted octanol–water partition coefficient (Wildman–Crippen LogP) is 4.59. The van der Waals surface area contributed by atoms with Crippen molar-refractivity contribution in [2.45, 2.75) is 0 Å². The third-order valence-electron chi connectivity index (χ3n) is 3.88. The first-order valence-corrected chi connectivity index (χ1v) is 10.7. The van der Waals surface area contributed by atoms with Gasteiger partial charge >= 0.3 is 0 Å². The van der Waals surface area contributed by atoms with Gasteiger partial charge in [-0.1, -0.05) is 42.2 Å². The molecule has 0 bridgehead atoms. The summed E-state index contributed by atoms with van der Waals surface area (Å²) in [6, 6.07) is 13.4. The Morgan fingerprint density at radius 1 is 1.18 bits per heavy atom. The number of carbonyl (C=O) groups excluding carboxylic acids is 1. The van der Waals surface area contributed by atoms with Crippen LogP contribution in [-0.4, -0.2) is 42.5 Å². The number of hydrogen-bond acceptors (Lipinski definition) is 6.